The van der Waals surface area contributed by atoms with Gasteiger partial charge in [-0.2, -0.15) is 0 Å². The van der Waals surface area contributed by atoms with Crippen molar-refractivity contribution in [2.24, 2.45) is 0 Å². The van der Waals surface area contributed by atoms with Crippen molar-refractivity contribution in [2.45, 2.75) is 56.5 Å². The molecule has 19 aromatic carbocycles. The van der Waals surface area contributed by atoms with Crippen molar-refractivity contribution in [2.75, 3.05) is 0 Å². The van der Waals surface area contributed by atoms with Crippen molar-refractivity contribution < 1.29 is 54.8 Å². The molecule has 0 aliphatic carbocycles. The van der Waals surface area contributed by atoms with E-state index in [-0.39, 0.29) is 106 Å². The molecular weight excluding hydrogens is 1890 g/mol. The van der Waals surface area contributed by atoms with E-state index in [0.717, 1.165) is 144 Å². The van der Waals surface area contributed by atoms with E-state index in [1.165, 1.54) is 12.1 Å². The van der Waals surface area contributed by atoms with Gasteiger partial charge < -0.3 is 0 Å². The predicted octanol–water partition coefficient (Wildman–Crippen LogP) is 33.3. The summed E-state index contributed by atoms with van der Waals surface area (Å²) < 4.78 is 342. The second-order valence-corrected chi connectivity index (χ2v) is 38.8. The van der Waals surface area contributed by atoms with E-state index in [1.54, 1.807) is 89.5 Å². The minimum absolute atomic E-state index is 0.00715. The summed E-state index contributed by atoms with van der Waals surface area (Å²) in [6.45, 7) is 4.27. The van der Waals surface area contributed by atoms with Crippen LogP contribution >= 0.6 is 47.0 Å². The van der Waals surface area contributed by atoms with Crippen molar-refractivity contribution in [1.29, 1.82) is 0 Å². The number of aromatic nitrogens is 14. The zero-order chi connectivity index (χ0) is 133. The van der Waals surface area contributed by atoms with E-state index in [2.05, 4.69) is 69.6 Å². The maximum atomic E-state index is 8.67. The second kappa shape index (κ2) is 39.2. The molecule has 18 heteroatoms. The standard InChI is InChI=1S/C35H23N5S.C34H26N2S.C32H22N2S.C29H19N5S/c1-3-10-23(11-4-1)32-37-33(24-12-5-2-6-13-24)39-34(38-32)27-15-9-14-25(20-27)26-18-19-28-22-41-35-36-29-16-7-8-17-30(29)40(35)31(28)21-26;1-34(2)29-18-17-25(22-32(29)36-31-16-10-9-15-30(31)35-33(36)37-34)28-20-26(23-11-5-3-6-12-23)19-27(21-28)24-13-7-4-8-14-24;1-3-9-22(10-4-1)26-17-27(23-11-5-2-6-12-23)19-28(18-26)24-15-16-25-21-35-32-33-29-13-7-8-14-30(29)34(32)31(25)20-24;1-3-9-19(10-4-1)26-31-27(20-11-5-2-6-12-20)33-28(32-26)21-15-16-22-18-35-29-30-23-13-7-8-14-24(23)34(29)25(22)17-21/h1-21H,22H2;3-22H,1-2H3;1-20H,21H2;1-17H,18H2/i1D,2D,3D,4D,5D,6D,10D,11D,12D,13D;3D,4D,5D,6D,7D,8D,11D,12D,13D,14D;2*1D,2D,3D,4D,5D,6D,9D,10D,11D,12D. The highest BCUT2D eigenvalue weighted by Gasteiger charge is 2.36. The molecule has 0 saturated carbocycles. The normalized spacial score (nSPS) is 16.4. The Balaban J connectivity index is 0.000000119. The van der Waals surface area contributed by atoms with E-state index >= 15 is 0 Å². The quantitative estimate of drug-likeness (QED) is 0.108. The van der Waals surface area contributed by atoms with Crippen LogP contribution in [0.25, 0.3) is 213 Å². The fraction of sp³-hybridized carbons (Fsp3) is 0.0462. The number of hydrogen-bond acceptors (Lipinski definition) is 14. The first-order valence-electron chi connectivity index (χ1n) is 66.1. The Morgan fingerprint density at radius 3 is 0.764 bits per heavy atom. The molecule has 0 bridgehead atoms. The van der Waals surface area contributed by atoms with Gasteiger partial charge in [-0.05, 0) is 229 Å². The van der Waals surface area contributed by atoms with Crippen LogP contribution in [0.5, 0.6) is 0 Å². The number of nitrogens with zero attached hydrogens (tertiary/aromatic N) is 14. The lowest BCUT2D eigenvalue weighted by atomic mass is 9.91. The van der Waals surface area contributed by atoms with Crippen molar-refractivity contribution in [3.63, 3.8) is 0 Å². The lowest BCUT2D eigenvalue weighted by Crippen LogP contribution is -2.21. The summed E-state index contributed by atoms with van der Waals surface area (Å²) in [5.41, 5.74) is 20.0. The molecule has 4 aliphatic heterocycles. The topological polar surface area (TPSA) is 149 Å². The summed E-state index contributed by atoms with van der Waals surface area (Å²) in [6.07, 6.45) is 0. The van der Waals surface area contributed by atoms with Gasteiger partial charge in [-0.25, -0.2) is 49.8 Å². The van der Waals surface area contributed by atoms with E-state index in [1.807, 2.05) is 168 Å². The van der Waals surface area contributed by atoms with E-state index in [0.29, 0.717) is 28.0 Å². The van der Waals surface area contributed by atoms with Gasteiger partial charge in [0.2, 0.25) is 0 Å². The monoisotopic (exact) mass is 2010 g/mol. The van der Waals surface area contributed by atoms with Gasteiger partial charge in [0.05, 0.1) is 122 Å². The van der Waals surface area contributed by atoms with E-state index in [9.17, 15) is 0 Å². The summed E-state index contributed by atoms with van der Waals surface area (Å²) >= 11 is 6.58. The van der Waals surface area contributed by atoms with Gasteiger partial charge in [0.1, 0.15) is 0 Å². The zero-order valence-corrected chi connectivity index (χ0v) is 80.7. The second-order valence-electron chi connectivity index (χ2n) is 34.4. The molecule has 6 aromatic heterocycles. The Morgan fingerprint density at radius 2 is 0.432 bits per heavy atom. The van der Waals surface area contributed by atoms with Gasteiger partial charge in [-0.1, -0.05) is 404 Å². The summed E-state index contributed by atoms with van der Waals surface area (Å²) in [5, 5.41) is 3.40. The number of thioether (sulfide) groups is 4. The van der Waals surface area contributed by atoms with Gasteiger partial charge in [-0.15, -0.1) is 0 Å². The number of para-hydroxylation sites is 8. The third kappa shape index (κ3) is 17.8. The Morgan fingerprint density at radius 1 is 0.203 bits per heavy atom. The van der Waals surface area contributed by atoms with Crippen LogP contribution in [0.2, 0.25) is 0 Å². The molecular formula is C130H90N14S4. The Hall–Kier alpha value is -17.5. The molecule has 14 nitrogen and oxygen atoms in total. The van der Waals surface area contributed by atoms with E-state index < -0.39 is 242 Å². The van der Waals surface area contributed by atoms with Crippen LogP contribution in [-0.2, 0) is 22.0 Å². The zero-order valence-electron chi connectivity index (χ0n) is 117. The molecule has 148 heavy (non-hydrogen) atoms. The molecule has 0 fully saturated rings. The van der Waals surface area contributed by atoms with Crippen molar-refractivity contribution in [3.05, 3.63) is 494 Å². The van der Waals surface area contributed by atoms with Gasteiger partial charge in [-0.3, -0.25) is 18.3 Å². The fourth-order valence-corrected chi connectivity index (χ4v) is 22.3. The Kier molecular flexibility index (Phi) is 15.2. The third-order valence-electron chi connectivity index (χ3n) is 25.0. The van der Waals surface area contributed by atoms with Crippen molar-refractivity contribution in [3.8, 4) is 169 Å². The number of fused-ring (bicyclic) bond motifs is 20. The summed E-state index contributed by atoms with van der Waals surface area (Å²) in [6, 6.07) is 51.4. The molecule has 0 unspecified atom stereocenters. The molecule has 0 amide bonds. The molecule has 0 N–H and O–H groups in total. The van der Waals surface area contributed by atoms with Crippen molar-refractivity contribution in [1.82, 2.24) is 68.1 Å². The fourth-order valence-electron chi connectivity index (χ4n) is 18.1. The largest absolute Gasteiger partial charge is 0.287 e. The molecule has 704 valence electrons. The highest BCUT2D eigenvalue weighted by molar-refractivity contribution is 8.00. The lowest BCUT2D eigenvalue weighted by molar-refractivity contribution is 0.729. The minimum atomic E-state index is -0.598. The van der Waals surface area contributed by atoms with Gasteiger partial charge >= 0.3 is 0 Å². The molecule has 0 spiro atoms. The summed E-state index contributed by atoms with van der Waals surface area (Å²) in [7, 11) is 0. The van der Waals surface area contributed by atoms with Crippen LogP contribution in [-0.4, -0.2) is 68.1 Å². The van der Waals surface area contributed by atoms with Gasteiger partial charge in [0.15, 0.2) is 55.6 Å². The molecule has 29 rings (SSSR count). The smallest absolute Gasteiger partial charge is 0.174 e. The average Bonchev–Trinajstić information content (AvgIpc) is 1.52. The van der Waals surface area contributed by atoms with Crippen LogP contribution in [0.1, 0.15) is 90.9 Å². The summed E-state index contributed by atoms with van der Waals surface area (Å²) in [4.78, 5) is 46.1. The first kappa shape index (κ1) is 57.2. The molecule has 0 radical (unpaired) electrons. The maximum absolute atomic E-state index is 8.67. The van der Waals surface area contributed by atoms with Crippen LogP contribution in [0.15, 0.2) is 493 Å². The van der Waals surface area contributed by atoms with Crippen LogP contribution in [0.4, 0.5) is 0 Å². The third-order valence-corrected chi connectivity index (χ3v) is 29.1. The summed E-state index contributed by atoms with van der Waals surface area (Å²) in [5.74, 6) is 0.941. The van der Waals surface area contributed by atoms with Crippen LogP contribution in [0, 0.1) is 0 Å². The van der Waals surface area contributed by atoms with Gasteiger partial charge in [0.25, 0.3) is 0 Å². The van der Waals surface area contributed by atoms with Crippen LogP contribution in [0.3, 0.4) is 0 Å². The maximum Gasteiger partial charge on any atom is 0.174 e. The average molecular weight is 2020 g/mol. The highest BCUT2D eigenvalue weighted by atomic mass is 32.2. The predicted molar refractivity (Wildman–Crippen MR) is 609 cm³/mol. The Labute approximate surface area is 929 Å². The minimum Gasteiger partial charge on any atom is -0.287 e. The molecule has 10 heterocycles. The van der Waals surface area contributed by atoms with Crippen molar-refractivity contribution >= 4 is 91.2 Å². The van der Waals surface area contributed by atoms with E-state index in [4.69, 9.17) is 74.8 Å². The molecule has 0 atom stereocenters. The number of rotatable bonds is 13. The highest BCUT2D eigenvalue weighted by Crippen LogP contribution is 2.52. The Bertz CT molecular complexity index is 11200. The molecule has 4 aliphatic rings. The molecule has 0 saturated heterocycles. The number of hydrogen-bond donors (Lipinski definition) is 0. The lowest BCUT2D eigenvalue weighted by Gasteiger charge is -2.32. The number of imidazole rings is 4. The first-order chi connectivity index (χ1) is 89.6. The SMILES string of the molecule is [2H]c1c([2H])c([2H])c(-c2cc(-c3ccc4c(c3)-n3c(nc5ccccc53)SC4(C)C)cc(-c3c([2H])c([2H])c([2H])c([2H])c3[2H])c2)c([2H])c1[2H].[2H]c1c([2H])c([2H])c(-c2cc(-c3ccc4c(c3)-n3c(nc5ccccc53)SC4)cc(-c3c([2H])c([2H])c([2H])c([2H])c3[2H])c2)c([2H])c1[2H].[2H]c1c([2H])c([2H])c(-c2nc(-c3ccc4c(c3)-n3c(nc5ccccc53)SC4)nc(-c3c([2H])c([2H])c([2H])c([2H])c3[2H])n2)c([2H])c1[2H].[2H]c1c([2H])c([2H])c(-c2nc(-c3cccc(-c4ccc5c(c4)-n4c(nc6ccccc64)SC5)c3)nc(-c3c([2H])c([2H])c([2H])c([2H])c3[2H])n2)c([2H])c1[2H]. The molecule has 25 aromatic rings. The first-order valence-corrected chi connectivity index (χ1v) is 49.9. The van der Waals surface area contributed by atoms with Crippen LogP contribution < -0.4 is 0 Å². The number of benzene rings is 19. The van der Waals surface area contributed by atoms with Gasteiger partial charge in [0, 0.05) is 55.4 Å².